The second kappa shape index (κ2) is 4.16. The quantitative estimate of drug-likeness (QED) is 0.853. The summed E-state index contributed by atoms with van der Waals surface area (Å²) in [5, 5.41) is 4.34. The fraction of sp³-hybridized carbons (Fsp3) is 0.727. The SMILES string of the molecule is CC1CCC(n2ncc(Br)c2N)CC1C. The summed E-state index contributed by atoms with van der Waals surface area (Å²) in [7, 11) is 0. The smallest absolute Gasteiger partial charge is 0.136 e. The molecular weight excluding hydrogens is 254 g/mol. The Morgan fingerprint density at radius 1 is 1.40 bits per heavy atom. The highest BCUT2D eigenvalue weighted by Crippen LogP contribution is 2.37. The highest BCUT2D eigenvalue weighted by Gasteiger charge is 2.27. The van der Waals surface area contributed by atoms with Crippen LogP contribution in [0.15, 0.2) is 10.7 Å². The van der Waals surface area contributed by atoms with E-state index in [1.54, 1.807) is 6.20 Å². The van der Waals surface area contributed by atoms with E-state index in [9.17, 15) is 0 Å². The molecule has 1 fully saturated rings. The Bertz CT molecular complexity index is 348. The lowest BCUT2D eigenvalue weighted by Gasteiger charge is -2.32. The summed E-state index contributed by atoms with van der Waals surface area (Å²) >= 11 is 3.40. The van der Waals surface area contributed by atoms with Gasteiger partial charge >= 0.3 is 0 Å². The number of nitrogens with zero attached hydrogens (tertiary/aromatic N) is 2. The molecule has 0 saturated heterocycles. The third-order valence-electron chi connectivity index (χ3n) is 3.70. The number of rotatable bonds is 1. The van der Waals surface area contributed by atoms with Crippen LogP contribution >= 0.6 is 15.9 Å². The molecule has 0 bridgehead atoms. The zero-order valence-electron chi connectivity index (χ0n) is 9.28. The minimum absolute atomic E-state index is 0.488. The number of nitrogens with two attached hydrogens (primary N) is 1. The molecule has 1 aromatic heterocycles. The maximum absolute atomic E-state index is 5.97. The first kappa shape index (κ1) is 11.0. The van der Waals surface area contributed by atoms with Gasteiger partial charge in [-0.05, 0) is 47.0 Å². The second-order valence-corrected chi connectivity index (χ2v) is 5.60. The van der Waals surface area contributed by atoms with E-state index in [1.165, 1.54) is 19.3 Å². The third-order valence-corrected chi connectivity index (χ3v) is 4.31. The van der Waals surface area contributed by atoms with Crippen LogP contribution in [0.3, 0.4) is 0 Å². The van der Waals surface area contributed by atoms with Crippen molar-refractivity contribution in [3.05, 3.63) is 10.7 Å². The lowest BCUT2D eigenvalue weighted by molar-refractivity contribution is 0.202. The van der Waals surface area contributed by atoms with Crippen molar-refractivity contribution in [2.45, 2.75) is 39.2 Å². The average molecular weight is 272 g/mol. The molecular formula is C11H18BrN3. The van der Waals surface area contributed by atoms with Crippen molar-refractivity contribution in [1.29, 1.82) is 0 Å². The molecule has 1 aliphatic rings. The predicted molar refractivity (Wildman–Crippen MR) is 65.6 cm³/mol. The topological polar surface area (TPSA) is 43.8 Å². The van der Waals surface area contributed by atoms with Crippen LogP contribution in [0.2, 0.25) is 0 Å². The molecule has 0 radical (unpaired) electrons. The lowest BCUT2D eigenvalue weighted by atomic mass is 9.79. The number of halogens is 1. The van der Waals surface area contributed by atoms with E-state index < -0.39 is 0 Å². The van der Waals surface area contributed by atoms with Crippen LogP contribution < -0.4 is 5.73 Å². The van der Waals surface area contributed by atoms with Crippen LogP contribution in [0, 0.1) is 11.8 Å². The van der Waals surface area contributed by atoms with Crippen LogP contribution in [0.4, 0.5) is 5.82 Å². The van der Waals surface area contributed by atoms with Crippen molar-refractivity contribution in [2.24, 2.45) is 11.8 Å². The van der Waals surface area contributed by atoms with Crippen molar-refractivity contribution in [3.63, 3.8) is 0 Å². The van der Waals surface area contributed by atoms with E-state index in [2.05, 4.69) is 34.9 Å². The average Bonchev–Trinajstić information content (AvgIpc) is 2.53. The first-order chi connectivity index (χ1) is 7.09. The molecule has 1 heterocycles. The van der Waals surface area contributed by atoms with Gasteiger partial charge in [-0.15, -0.1) is 0 Å². The van der Waals surface area contributed by atoms with E-state index in [4.69, 9.17) is 5.73 Å². The van der Waals surface area contributed by atoms with Gasteiger partial charge in [-0.1, -0.05) is 13.8 Å². The number of aromatic nitrogens is 2. The molecule has 3 atom stereocenters. The van der Waals surface area contributed by atoms with Crippen molar-refractivity contribution in [2.75, 3.05) is 5.73 Å². The van der Waals surface area contributed by atoms with Gasteiger partial charge in [0.05, 0.1) is 16.7 Å². The third kappa shape index (κ3) is 2.05. The molecule has 0 amide bonds. The van der Waals surface area contributed by atoms with Gasteiger partial charge in [-0.25, -0.2) is 4.68 Å². The summed E-state index contributed by atoms with van der Waals surface area (Å²) in [4.78, 5) is 0. The molecule has 1 saturated carbocycles. The highest BCUT2D eigenvalue weighted by molar-refractivity contribution is 9.10. The summed E-state index contributed by atoms with van der Waals surface area (Å²) in [5.74, 6) is 2.37. The van der Waals surface area contributed by atoms with Crippen LogP contribution in [-0.2, 0) is 0 Å². The fourth-order valence-electron chi connectivity index (χ4n) is 2.38. The Labute approximate surface area is 99.2 Å². The monoisotopic (exact) mass is 271 g/mol. The Hall–Kier alpha value is -0.510. The highest BCUT2D eigenvalue weighted by atomic mass is 79.9. The van der Waals surface area contributed by atoms with E-state index in [0.29, 0.717) is 6.04 Å². The van der Waals surface area contributed by atoms with Crippen LogP contribution in [-0.4, -0.2) is 9.78 Å². The van der Waals surface area contributed by atoms with Gasteiger partial charge in [0.1, 0.15) is 5.82 Å². The second-order valence-electron chi connectivity index (χ2n) is 4.74. The van der Waals surface area contributed by atoms with Gasteiger partial charge in [0, 0.05) is 0 Å². The van der Waals surface area contributed by atoms with Gasteiger partial charge in [-0.2, -0.15) is 5.10 Å². The fourth-order valence-corrected chi connectivity index (χ4v) is 2.66. The van der Waals surface area contributed by atoms with Crippen molar-refractivity contribution in [3.8, 4) is 0 Å². The molecule has 2 N–H and O–H groups in total. The molecule has 1 aliphatic carbocycles. The van der Waals surface area contributed by atoms with Gasteiger partial charge in [-0.3, -0.25) is 0 Å². The first-order valence-corrected chi connectivity index (χ1v) is 6.37. The van der Waals surface area contributed by atoms with Gasteiger partial charge in [0.25, 0.3) is 0 Å². The zero-order chi connectivity index (χ0) is 11.0. The zero-order valence-corrected chi connectivity index (χ0v) is 10.9. The molecule has 15 heavy (non-hydrogen) atoms. The Morgan fingerprint density at radius 3 is 2.67 bits per heavy atom. The molecule has 84 valence electrons. The van der Waals surface area contributed by atoms with E-state index >= 15 is 0 Å². The van der Waals surface area contributed by atoms with E-state index in [-0.39, 0.29) is 0 Å². The van der Waals surface area contributed by atoms with Gasteiger partial charge < -0.3 is 5.73 Å². The number of nitrogen functional groups attached to an aromatic ring is 1. The van der Waals surface area contributed by atoms with Gasteiger partial charge in [0.2, 0.25) is 0 Å². The summed E-state index contributed by atoms with van der Waals surface area (Å²) in [5.41, 5.74) is 5.97. The van der Waals surface area contributed by atoms with E-state index in [1.807, 2.05) is 4.68 Å². The number of hydrogen-bond acceptors (Lipinski definition) is 2. The Balaban J connectivity index is 2.15. The predicted octanol–water partition coefficient (Wildman–Crippen LogP) is 3.23. The molecule has 0 spiro atoms. The van der Waals surface area contributed by atoms with Crippen LogP contribution in [0.5, 0.6) is 0 Å². The van der Waals surface area contributed by atoms with Crippen molar-refractivity contribution in [1.82, 2.24) is 9.78 Å². The van der Waals surface area contributed by atoms with Crippen molar-refractivity contribution < 1.29 is 0 Å². The summed E-state index contributed by atoms with van der Waals surface area (Å²) in [6.07, 6.45) is 5.46. The summed E-state index contributed by atoms with van der Waals surface area (Å²) in [6.45, 7) is 4.66. The Morgan fingerprint density at radius 2 is 2.13 bits per heavy atom. The standard InChI is InChI=1S/C11H18BrN3/c1-7-3-4-9(5-8(7)2)15-11(13)10(12)6-14-15/h6-9H,3-5,13H2,1-2H3. The van der Waals surface area contributed by atoms with E-state index in [0.717, 1.165) is 22.1 Å². The molecule has 4 heteroatoms. The largest absolute Gasteiger partial charge is 0.383 e. The van der Waals surface area contributed by atoms with Gasteiger partial charge in [0.15, 0.2) is 0 Å². The molecule has 3 unspecified atom stereocenters. The molecule has 0 aromatic carbocycles. The minimum Gasteiger partial charge on any atom is -0.383 e. The molecule has 0 aliphatic heterocycles. The van der Waals surface area contributed by atoms with Crippen LogP contribution in [0.1, 0.15) is 39.2 Å². The first-order valence-electron chi connectivity index (χ1n) is 5.58. The maximum Gasteiger partial charge on any atom is 0.136 e. The molecule has 1 aromatic rings. The lowest BCUT2D eigenvalue weighted by Crippen LogP contribution is -2.24. The minimum atomic E-state index is 0.488. The molecule has 3 nitrogen and oxygen atoms in total. The summed E-state index contributed by atoms with van der Waals surface area (Å²) in [6, 6.07) is 0.488. The normalized spacial score (nSPS) is 31.8. The molecule has 2 rings (SSSR count). The Kier molecular flexibility index (Phi) is 3.05. The number of anilines is 1. The maximum atomic E-state index is 5.97. The number of hydrogen-bond donors (Lipinski definition) is 1. The van der Waals surface area contributed by atoms with Crippen LogP contribution in [0.25, 0.3) is 0 Å². The van der Waals surface area contributed by atoms with Crippen molar-refractivity contribution >= 4 is 21.7 Å². The summed E-state index contributed by atoms with van der Waals surface area (Å²) < 4.78 is 2.89.